The predicted octanol–water partition coefficient (Wildman–Crippen LogP) is 6.79. The standard InChI is InChI=1S/C27H24FN3O4S/c1-33-23-12-17-19(14-24(23)34-2)29-11-10-21(17)35-22-15-25-20(13-18(22)28)30-27(36-25)31-26(32)9-8-16-6-4-3-5-7-16/h4,6-7,10-15H,3,5,8-9H2,1-2H3,(H,30,31,32). The first-order valence-corrected chi connectivity index (χ1v) is 12.3. The fraction of sp³-hybridized carbons (Fsp3) is 0.222. The van der Waals surface area contributed by atoms with Gasteiger partial charge in [-0.15, -0.1) is 0 Å². The molecule has 0 radical (unpaired) electrons. The van der Waals surface area contributed by atoms with Crippen molar-refractivity contribution in [1.29, 1.82) is 0 Å². The van der Waals surface area contributed by atoms with Crippen molar-refractivity contribution in [3.63, 3.8) is 0 Å². The molecule has 0 bridgehead atoms. The van der Waals surface area contributed by atoms with Gasteiger partial charge in [-0.2, -0.15) is 0 Å². The second-order valence-corrected chi connectivity index (χ2v) is 9.24. The Kier molecular flexibility index (Phi) is 6.81. The van der Waals surface area contributed by atoms with Crippen LogP contribution in [0.3, 0.4) is 0 Å². The number of anilines is 1. The normalized spacial score (nSPS) is 13.0. The summed E-state index contributed by atoms with van der Waals surface area (Å²) in [6.45, 7) is 0. The molecule has 2 aromatic carbocycles. The van der Waals surface area contributed by atoms with Gasteiger partial charge in [0, 0.05) is 36.2 Å². The number of benzene rings is 2. The molecular weight excluding hydrogens is 481 g/mol. The number of carbonyl (C=O) groups is 1. The Morgan fingerprint density at radius 1 is 1.06 bits per heavy atom. The van der Waals surface area contributed by atoms with Crippen molar-refractivity contribution < 1.29 is 23.4 Å². The number of rotatable bonds is 8. The first kappa shape index (κ1) is 23.7. The number of ether oxygens (including phenoxy) is 3. The lowest BCUT2D eigenvalue weighted by molar-refractivity contribution is -0.116. The summed E-state index contributed by atoms with van der Waals surface area (Å²) >= 11 is 1.27. The third-order valence-electron chi connectivity index (χ3n) is 5.83. The van der Waals surface area contributed by atoms with Crippen molar-refractivity contribution >= 4 is 43.5 Å². The van der Waals surface area contributed by atoms with Crippen LogP contribution in [0.2, 0.25) is 0 Å². The number of hydrogen-bond donors (Lipinski definition) is 1. The molecule has 1 N–H and O–H groups in total. The van der Waals surface area contributed by atoms with Crippen LogP contribution < -0.4 is 19.5 Å². The first-order chi connectivity index (χ1) is 17.5. The maximum absolute atomic E-state index is 14.9. The molecule has 2 heterocycles. The van der Waals surface area contributed by atoms with Crippen molar-refractivity contribution in [2.75, 3.05) is 19.5 Å². The number of carbonyl (C=O) groups excluding carboxylic acids is 1. The number of aromatic nitrogens is 2. The van der Waals surface area contributed by atoms with E-state index in [1.54, 1.807) is 44.7 Å². The van der Waals surface area contributed by atoms with Crippen molar-refractivity contribution in [1.82, 2.24) is 9.97 Å². The number of fused-ring (bicyclic) bond motifs is 2. The zero-order valence-electron chi connectivity index (χ0n) is 19.8. The van der Waals surface area contributed by atoms with Gasteiger partial charge in [0.15, 0.2) is 28.2 Å². The van der Waals surface area contributed by atoms with E-state index in [1.807, 2.05) is 0 Å². The Morgan fingerprint density at radius 2 is 1.89 bits per heavy atom. The number of nitrogens with zero attached hydrogens (tertiary/aromatic N) is 2. The van der Waals surface area contributed by atoms with Gasteiger partial charge in [0.1, 0.15) is 5.75 Å². The zero-order valence-corrected chi connectivity index (χ0v) is 20.7. The average Bonchev–Trinajstić information content (AvgIpc) is 3.28. The summed E-state index contributed by atoms with van der Waals surface area (Å²) in [6, 6.07) is 8.03. The fourth-order valence-corrected chi connectivity index (χ4v) is 4.90. The maximum Gasteiger partial charge on any atom is 0.226 e. The minimum atomic E-state index is -0.563. The second-order valence-electron chi connectivity index (χ2n) is 8.21. The van der Waals surface area contributed by atoms with E-state index in [1.165, 1.54) is 23.0 Å². The third kappa shape index (κ3) is 5.01. The van der Waals surface area contributed by atoms with Crippen LogP contribution >= 0.6 is 11.3 Å². The summed E-state index contributed by atoms with van der Waals surface area (Å²) < 4.78 is 32.3. The lowest BCUT2D eigenvalue weighted by Crippen LogP contribution is -2.11. The van der Waals surface area contributed by atoms with E-state index < -0.39 is 5.82 Å². The Labute approximate surface area is 211 Å². The van der Waals surface area contributed by atoms with Crippen LogP contribution in [-0.2, 0) is 4.79 Å². The molecule has 0 fully saturated rings. The number of allylic oxidation sites excluding steroid dienone is 4. The smallest absolute Gasteiger partial charge is 0.226 e. The Hall–Kier alpha value is -3.98. The summed E-state index contributed by atoms with van der Waals surface area (Å²) in [4.78, 5) is 21.1. The largest absolute Gasteiger partial charge is 0.493 e. The van der Waals surface area contributed by atoms with Crippen LogP contribution in [0.15, 0.2) is 60.3 Å². The molecule has 1 aliphatic rings. The molecule has 7 nitrogen and oxygen atoms in total. The molecule has 9 heteroatoms. The molecule has 4 aromatic rings. The van der Waals surface area contributed by atoms with Gasteiger partial charge in [0.2, 0.25) is 5.91 Å². The highest BCUT2D eigenvalue weighted by Gasteiger charge is 2.16. The Morgan fingerprint density at radius 3 is 2.67 bits per heavy atom. The van der Waals surface area contributed by atoms with Gasteiger partial charge in [-0.05, 0) is 31.4 Å². The SMILES string of the molecule is COc1cc2nccc(Oc3cc4sc(NC(=O)CCC5=CCCC=C5)nc4cc3F)c2cc1OC. The molecule has 0 atom stereocenters. The van der Waals surface area contributed by atoms with E-state index in [0.717, 1.165) is 12.8 Å². The molecule has 184 valence electrons. The lowest BCUT2D eigenvalue weighted by atomic mass is 10.0. The molecule has 0 saturated carbocycles. The van der Waals surface area contributed by atoms with Crippen molar-refractivity contribution in [3.8, 4) is 23.0 Å². The fourth-order valence-electron chi connectivity index (χ4n) is 4.01. The predicted molar refractivity (Wildman–Crippen MR) is 139 cm³/mol. The summed E-state index contributed by atoms with van der Waals surface area (Å²) in [5, 5.41) is 3.90. The van der Waals surface area contributed by atoms with E-state index in [9.17, 15) is 9.18 Å². The molecule has 0 spiro atoms. The van der Waals surface area contributed by atoms with Gasteiger partial charge in [-0.1, -0.05) is 35.1 Å². The second kappa shape index (κ2) is 10.3. The highest BCUT2D eigenvalue weighted by molar-refractivity contribution is 7.22. The summed E-state index contributed by atoms with van der Waals surface area (Å²) in [6.07, 6.45) is 11.0. The summed E-state index contributed by atoms with van der Waals surface area (Å²) in [5.74, 6) is 0.821. The van der Waals surface area contributed by atoms with Gasteiger partial charge in [0.05, 0.1) is 30.0 Å². The number of amides is 1. The van der Waals surface area contributed by atoms with Crippen molar-refractivity contribution in [3.05, 3.63) is 66.1 Å². The van der Waals surface area contributed by atoms with Crippen LogP contribution in [0.25, 0.3) is 21.1 Å². The highest BCUT2D eigenvalue weighted by atomic mass is 32.1. The minimum Gasteiger partial charge on any atom is -0.493 e. The van der Waals surface area contributed by atoms with Gasteiger partial charge in [-0.3, -0.25) is 9.78 Å². The van der Waals surface area contributed by atoms with Crippen molar-refractivity contribution in [2.24, 2.45) is 0 Å². The monoisotopic (exact) mass is 505 g/mol. The number of hydrogen-bond acceptors (Lipinski definition) is 7. The molecular formula is C27H24FN3O4S. The van der Waals surface area contributed by atoms with E-state index in [0.29, 0.717) is 56.3 Å². The van der Waals surface area contributed by atoms with Gasteiger partial charge in [-0.25, -0.2) is 9.37 Å². The Bertz CT molecular complexity index is 1510. The van der Waals surface area contributed by atoms with Gasteiger partial charge >= 0.3 is 0 Å². The van der Waals surface area contributed by atoms with Crippen LogP contribution in [0.1, 0.15) is 25.7 Å². The summed E-state index contributed by atoms with van der Waals surface area (Å²) in [7, 11) is 3.09. The van der Waals surface area contributed by atoms with Crippen LogP contribution in [0.4, 0.5) is 9.52 Å². The average molecular weight is 506 g/mol. The van der Waals surface area contributed by atoms with Crippen LogP contribution in [0.5, 0.6) is 23.0 Å². The van der Waals surface area contributed by atoms with Gasteiger partial charge < -0.3 is 19.5 Å². The lowest BCUT2D eigenvalue weighted by Gasteiger charge is -2.12. The zero-order chi connectivity index (χ0) is 25.1. The van der Waals surface area contributed by atoms with Crippen LogP contribution in [-0.4, -0.2) is 30.1 Å². The number of nitrogens with one attached hydrogen (secondary N) is 1. The number of pyridine rings is 1. The molecule has 0 aliphatic heterocycles. The maximum atomic E-state index is 14.9. The number of halogens is 1. The quantitative estimate of drug-likeness (QED) is 0.284. The van der Waals surface area contributed by atoms with E-state index >= 15 is 0 Å². The third-order valence-corrected chi connectivity index (χ3v) is 6.76. The Balaban J connectivity index is 1.36. The topological polar surface area (TPSA) is 82.6 Å². The van der Waals surface area contributed by atoms with Gasteiger partial charge in [0.25, 0.3) is 0 Å². The number of thiazole rings is 1. The molecule has 36 heavy (non-hydrogen) atoms. The molecule has 1 aliphatic carbocycles. The highest BCUT2D eigenvalue weighted by Crippen LogP contribution is 2.39. The minimum absolute atomic E-state index is 0.0438. The van der Waals surface area contributed by atoms with E-state index in [2.05, 4.69) is 33.5 Å². The van der Waals surface area contributed by atoms with E-state index in [4.69, 9.17) is 14.2 Å². The molecule has 2 aromatic heterocycles. The summed E-state index contributed by atoms with van der Waals surface area (Å²) in [5.41, 5.74) is 2.24. The molecule has 5 rings (SSSR count). The van der Waals surface area contributed by atoms with Crippen molar-refractivity contribution in [2.45, 2.75) is 25.7 Å². The van der Waals surface area contributed by atoms with E-state index in [-0.39, 0.29) is 11.7 Å². The first-order valence-electron chi connectivity index (χ1n) is 11.5. The number of methoxy groups -OCH3 is 2. The molecule has 0 saturated heterocycles. The molecule has 0 unspecified atom stereocenters. The van der Waals surface area contributed by atoms with Crippen LogP contribution in [0, 0.1) is 5.82 Å². The molecule has 1 amide bonds.